The second-order valence-electron chi connectivity index (χ2n) is 3.79. The molecule has 2 aromatic rings. The molecule has 0 fully saturated rings. The van der Waals surface area contributed by atoms with Gasteiger partial charge in [-0.1, -0.05) is 0 Å². The number of phenolic OH excluding ortho intramolecular Hbond substituents is 2. The smallest absolute Gasteiger partial charge is 0.194 e. The van der Waals surface area contributed by atoms with Gasteiger partial charge < -0.3 is 10.2 Å². The summed E-state index contributed by atoms with van der Waals surface area (Å²) in [6, 6.07) is 9.33. The van der Waals surface area contributed by atoms with Gasteiger partial charge in [0.1, 0.15) is 11.5 Å². The number of phenols is 2. The molecule has 0 amide bonds. The molecule has 1 aliphatic rings. The molecule has 0 atom stereocenters. The summed E-state index contributed by atoms with van der Waals surface area (Å²) in [6.45, 7) is 0. The number of aromatic hydroxyl groups is 2. The van der Waals surface area contributed by atoms with Crippen LogP contribution >= 0.6 is 0 Å². The van der Waals surface area contributed by atoms with Crippen LogP contribution in [0.5, 0.6) is 11.5 Å². The van der Waals surface area contributed by atoms with Gasteiger partial charge in [0.15, 0.2) is 5.78 Å². The average molecular weight is 212 g/mol. The number of carbonyl (C=O) groups is 1. The van der Waals surface area contributed by atoms with Crippen LogP contribution in [0.3, 0.4) is 0 Å². The summed E-state index contributed by atoms with van der Waals surface area (Å²) in [5, 5.41) is 18.7. The Balaban J connectivity index is 2.36. The summed E-state index contributed by atoms with van der Waals surface area (Å²) in [5.74, 6) is 0.0949. The van der Waals surface area contributed by atoms with Crippen molar-refractivity contribution in [2.24, 2.45) is 0 Å². The molecular weight excluding hydrogens is 204 g/mol. The zero-order valence-corrected chi connectivity index (χ0v) is 8.27. The van der Waals surface area contributed by atoms with Gasteiger partial charge in [-0.25, -0.2) is 0 Å². The van der Waals surface area contributed by atoms with E-state index in [9.17, 15) is 15.0 Å². The molecule has 0 unspecified atom stereocenters. The van der Waals surface area contributed by atoms with E-state index >= 15 is 0 Å². The summed E-state index contributed by atoms with van der Waals surface area (Å²) in [7, 11) is 0. The van der Waals surface area contributed by atoms with Gasteiger partial charge in [0.25, 0.3) is 0 Å². The number of hydrogen-bond acceptors (Lipinski definition) is 3. The molecule has 1 aliphatic carbocycles. The van der Waals surface area contributed by atoms with Gasteiger partial charge in [0, 0.05) is 11.1 Å². The van der Waals surface area contributed by atoms with Crippen LogP contribution in [0.2, 0.25) is 0 Å². The number of benzene rings is 2. The van der Waals surface area contributed by atoms with Crippen molar-refractivity contribution in [2.45, 2.75) is 0 Å². The number of fused-ring (bicyclic) bond motifs is 3. The van der Waals surface area contributed by atoms with Crippen molar-refractivity contribution in [3.05, 3.63) is 47.5 Å². The Morgan fingerprint density at radius 1 is 0.688 bits per heavy atom. The van der Waals surface area contributed by atoms with Crippen LogP contribution in [-0.2, 0) is 0 Å². The van der Waals surface area contributed by atoms with Gasteiger partial charge in [-0.2, -0.15) is 0 Å². The predicted octanol–water partition coefficient (Wildman–Crippen LogP) is 2.31. The van der Waals surface area contributed by atoms with Crippen molar-refractivity contribution in [3.8, 4) is 22.6 Å². The lowest BCUT2D eigenvalue weighted by molar-refractivity contribution is 0.104. The third-order valence-electron chi connectivity index (χ3n) is 2.79. The largest absolute Gasteiger partial charge is 0.508 e. The summed E-state index contributed by atoms with van der Waals surface area (Å²) in [4.78, 5) is 12.0. The molecule has 0 bridgehead atoms. The van der Waals surface area contributed by atoms with Gasteiger partial charge in [0.05, 0.1) is 0 Å². The number of hydrogen-bond donors (Lipinski definition) is 2. The van der Waals surface area contributed by atoms with Crippen molar-refractivity contribution < 1.29 is 15.0 Å². The second-order valence-corrected chi connectivity index (χ2v) is 3.79. The molecule has 78 valence electrons. The average Bonchev–Trinajstić information content (AvgIpc) is 2.52. The number of carbonyl (C=O) groups excluding carboxylic acids is 1. The van der Waals surface area contributed by atoms with E-state index in [2.05, 4.69) is 0 Å². The number of rotatable bonds is 0. The van der Waals surface area contributed by atoms with Crippen molar-refractivity contribution in [1.29, 1.82) is 0 Å². The van der Waals surface area contributed by atoms with Gasteiger partial charge in [0.2, 0.25) is 0 Å². The molecule has 3 rings (SSSR count). The maximum atomic E-state index is 12.0. The molecule has 0 aromatic heterocycles. The van der Waals surface area contributed by atoms with Crippen molar-refractivity contribution in [1.82, 2.24) is 0 Å². The highest BCUT2D eigenvalue weighted by Gasteiger charge is 2.26. The Kier molecular flexibility index (Phi) is 1.60. The third-order valence-corrected chi connectivity index (χ3v) is 2.79. The molecule has 0 radical (unpaired) electrons. The quantitative estimate of drug-likeness (QED) is 0.601. The van der Waals surface area contributed by atoms with Crippen molar-refractivity contribution >= 4 is 5.78 Å². The monoisotopic (exact) mass is 212 g/mol. The van der Waals surface area contributed by atoms with Gasteiger partial charge in [-0.15, -0.1) is 0 Å². The molecule has 16 heavy (non-hydrogen) atoms. The summed E-state index contributed by atoms with van der Waals surface area (Å²) in [5.41, 5.74) is 2.53. The SMILES string of the molecule is O=C1c2cc(O)ccc2-c2cc(O)ccc21. The Morgan fingerprint density at radius 3 is 1.94 bits per heavy atom. The molecule has 0 aliphatic heterocycles. The fourth-order valence-corrected chi connectivity index (χ4v) is 2.05. The second kappa shape index (κ2) is 2.85. The first-order chi connectivity index (χ1) is 7.66. The fourth-order valence-electron chi connectivity index (χ4n) is 2.05. The first-order valence-electron chi connectivity index (χ1n) is 4.88. The Hall–Kier alpha value is -2.29. The molecule has 2 aromatic carbocycles. The Morgan fingerprint density at radius 2 is 1.25 bits per heavy atom. The minimum atomic E-state index is -0.110. The molecule has 0 spiro atoms. The van der Waals surface area contributed by atoms with E-state index in [0.29, 0.717) is 11.1 Å². The van der Waals surface area contributed by atoms with Crippen LogP contribution in [0.15, 0.2) is 36.4 Å². The first-order valence-corrected chi connectivity index (χ1v) is 4.88. The zero-order chi connectivity index (χ0) is 11.3. The Labute approximate surface area is 91.6 Å². The van der Waals surface area contributed by atoms with E-state index < -0.39 is 0 Å². The van der Waals surface area contributed by atoms with Crippen LogP contribution in [0, 0.1) is 0 Å². The highest BCUT2D eigenvalue weighted by atomic mass is 16.3. The lowest BCUT2D eigenvalue weighted by Gasteiger charge is -2.00. The number of ketones is 1. The molecule has 2 N–H and O–H groups in total. The van der Waals surface area contributed by atoms with Crippen molar-refractivity contribution in [2.75, 3.05) is 0 Å². The van der Waals surface area contributed by atoms with Gasteiger partial charge >= 0.3 is 0 Å². The predicted molar refractivity (Wildman–Crippen MR) is 58.6 cm³/mol. The standard InChI is InChI=1S/C13H8O3/c14-7-2-4-10-11(5-7)9-3-1-8(15)6-12(9)13(10)16/h1-6,14-15H. The summed E-state index contributed by atoms with van der Waals surface area (Å²) in [6.07, 6.45) is 0. The van der Waals surface area contributed by atoms with E-state index in [1.807, 2.05) is 0 Å². The lowest BCUT2D eigenvalue weighted by Crippen LogP contribution is -1.94. The molecular formula is C13H8O3. The first kappa shape index (κ1) is 8.97. The highest BCUT2D eigenvalue weighted by molar-refractivity contribution is 6.21. The summed E-state index contributed by atoms with van der Waals surface area (Å²) >= 11 is 0. The maximum Gasteiger partial charge on any atom is 0.194 e. The van der Waals surface area contributed by atoms with E-state index in [1.165, 1.54) is 18.2 Å². The van der Waals surface area contributed by atoms with Crippen LogP contribution in [0.4, 0.5) is 0 Å². The lowest BCUT2D eigenvalue weighted by atomic mass is 10.1. The van der Waals surface area contributed by atoms with Gasteiger partial charge in [-0.05, 0) is 47.5 Å². The molecule has 3 heteroatoms. The zero-order valence-electron chi connectivity index (χ0n) is 8.27. The van der Waals surface area contributed by atoms with E-state index in [-0.39, 0.29) is 17.3 Å². The van der Waals surface area contributed by atoms with Crippen LogP contribution in [0.1, 0.15) is 15.9 Å². The van der Waals surface area contributed by atoms with E-state index in [0.717, 1.165) is 11.1 Å². The van der Waals surface area contributed by atoms with Crippen LogP contribution in [0.25, 0.3) is 11.1 Å². The highest BCUT2D eigenvalue weighted by Crippen LogP contribution is 2.39. The van der Waals surface area contributed by atoms with Crippen molar-refractivity contribution in [3.63, 3.8) is 0 Å². The normalized spacial score (nSPS) is 12.4. The molecule has 0 saturated carbocycles. The minimum absolute atomic E-state index is 0.0733. The van der Waals surface area contributed by atoms with Crippen LogP contribution in [-0.4, -0.2) is 16.0 Å². The third kappa shape index (κ3) is 1.05. The summed E-state index contributed by atoms with van der Waals surface area (Å²) < 4.78 is 0. The van der Waals surface area contributed by atoms with Crippen LogP contribution < -0.4 is 0 Å². The fraction of sp³-hybridized carbons (Fsp3) is 0. The van der Waals surface area contributed by atoms with E-state index in [4.69, 9.17) is 0 Å². The van der Waals surface area contributed by atoms with E-state index in [1.54, 1.807) is 18.2 Å². The molecule has 0 saturated heterocycles. The Bertz CT molecular complexity index is 615. The maximum absolute atomic E-state index is 12.0. The minimum Gasteiger partial charge on any atom is -0.508 e. The topological polar surface area (TPSA) is 57.5 Å². The van der Waals surface area contributed by atoms with Gasteiger partial charge in [-0.3, -0.25) is 4.79 Å². The molecule has 3 nitrogen and oxygen atoms in total. The molecule has 0 heterocycles.